The van der Waals surface area contributed by atoms with Gasteiger partial charge in [-0.3, -0.25) is 0 Å². The summed E-state index contributed by atoms with van der Waals surface area (Å²) in [6, 6.07) is -0.230. The van der Waals surface area contributed by atoms with Gasteiger partial charge in [0.15, 0.2) is 0 Å². The fourth-order valence-electron chi connectivity index (χ4n) is 0.881. The van der Waals surface area contributed by atoms with Crippen molar-refractivity contribution in [3.05, 3.63) is 11.9 Å². The molecule has 5 heteroatoms. The van der Waals surface area contributed by atoms with E-state index in [1.165, 1.54) is 4.80 Å². The Bertz CT molecular complexity index is 245. The third-order valence-corrected chi connectivity index (χ3v) is 1.67. The second-order valence-corrected chi connectivity index (χ2v) is 2.96. The molecule has 0 aliphatic heterocycles. The van der Waals surface area contributed by atoms with E-state index in [4.69, 9.17) is 5.73 Å². The lowest BCUT2D eigenvalue weighted by atomic mass is 10.1. The number of rotatable bonds is 3. The summed E-state index contributed by atoms with van der Waals surface area (Å²) in [5.74, 6) is 0. The Morgan fingerprint density at radius 3 is 2.83 bits per heavy atom. The average Bonchev–Trinajstić information content (AvgIpc) is 2.35. The molecule has 1 rings (SSSR count). The Morgan fingerprint density at radius 1 is 1.75 bits per heavy atom. The number of aromatic nitrogens is 3. The SMILES string of the molecule is CC(N)C(O)Cc1cnn(C)n1. The average molecular weight is 170 g/mol. The highest BCUT2D eigenvalue weighted by molar-refractivity contribution is 4.94. The van der Waals surface area contributed by atoms with Crippen molar-refractivity contribution in [2.75, 3.05) is 0 Å². The van der Waals surface area contributed by atoms with Crippen LogP contribution >= 0.6 is 0 Å². The van der Waals surface area contributed by atoms with Crippen molar-refractivity contribution < 1.29 is 5.11 Å². The van der Waals surface area contributed by atoms with Crippen LogP contribution in [0.4, 0.5) is 0 Å². The van der Waals surface area contributed by atoms with Gasteiger partial charge in [0.2, 0.25) is 0 Å². The van der Waals surface area contributed by atoms with Crippen molar-refractivity contribution in [1.82, 2.24) is 15.0 Å². The van der Waals surface area contributed by atoms with Gasteiger partial charge in [-0.05, 0) is 6.92 Å². The monoisotopic (exact) mass is 170 g/mol. The molecule has 0 bridgehead atoms. The van der Waals surface area contributed by atoms with Gasteiger partial charge in [-0.15, -0.1) is 0 Å². The number of aryl methyl sites for hydroxylation is 1. The first kappa shape index (κ1) is 9.15. The lowest BCUT2D eigenvalue weighted by Crippen LogP contribution is -2.33. The molecule has 0 aromatic carbocycles. The Kier molecular flexibility index (Phi) is 2.78. The summed E-state index contributed by atoms with van der Waals surface area (Å²) < 4.78 is 0. The molecule has 68 valence electrons. The molecule has 12 heavy (non-hydrogen) atoms. The number of aliphatic hydroxyl groups is 1. The van der Waals surface area contributed by atoms with Crippen LogP contribution in [0.2, 0.25) is 0 Å². The molecule has 3 N–H and O–H groups in total. The summed E-state index contributed by atoms with van der Waals surface area (Å²) in [7, 11) is 1.74. The lowest BCUT2D eigenvalue weighted by molar-refractivity contribution is 0.150. The highest BCUT2D eigenvalue weighted by Crippen LogP contribution is 1.99. The summed E-state index contributed by atoms with van der Waals surface area (Å²) in [6.07, 6.45) is 1.55. The van der Waals surface area contributed by atoms with Gasteiger partial charge in [0.1, 0.15) is 0 Å². The van der Waals surface area contributed by atoms with Crippen molar-refractivity contribution in [3.63, 3.8) is 0 Å². The number of hydrogen-bond donors (Lipinski definition) is 2. The van der Waals surface area contributed by atoms with Gasteiger partial charge in [-0.2, -0.15) is 15.0 Å². The minimum atomic E-state index is -0.540. The van der Waals surface area contributed by atoms with Crippen LogP contribution in [0.15, 0.2) is 6.20 Å². The first-order valence-corrected chi connectivity index (χ1v) is 3.88. The van der Waals surface area contributed by atoms with E-state index < -0.39 is 6.10 Å². The van der Waals surface area contributed by atoms with Crippen LogP contribution in [-0.4, -0.2) is 32.2 Å². The molecular weight excluding hydrogens is 156 g/mol. The van der Waals surface area contributed by atoms with Crippen LogP contribution in [0.25, 0.3) is 0 Å². The Hall–Kier alpha value is -0.940. The predicted molar refractivity (Wildman–Crippen MR) is 44.4 cm³/mol. The van der Waals surface area contributed by atoms with Gasteiger partial charge < -0.3 is 10.8 Å². The molecular formula is C7H14N4O. The predicted octanol–water partition coefficient (Wildman–Crippen LogP) is -0.934. The Labute approximate surface area is 71.2 Å². The maximum atomic E-state index is 9.39. The standard InChI is InChI=1S/C7H14N4O/c1-5(8)7(12)3-6-4-9-11(2)10-6/h4-5,7,12H,3,8H2,1-2H3. The normalized spacial score (nSPS) is 16.0. The molecule has 0 saturated heterocycles. The number of aliphatic hydroxyl groups excluding tert-OH is 1. The molecule has 0 amide bonds. The summed E-state index contributed by atoms with van der Waals surface area (Å²) in [6.45, 7) is 1.76. The van der Waals surface area contributed by atoms with E-state index in [0.29, 0.717) is 6.42 Å². The van der Waals surface area contributed by atoms with Gasteiger partial charge in [-0.1, -0.05) is 0 Å². The van der Waals surface area contributed by atoms with Crippen molar-refractivity contribution in [1.29, 1.82) is 0 Å². The minimum absolute atomic E-state index is 0.230. The smallest absolute Gasteiger partial charge is 0.0853 e. The molecule has 0 saturated carbocycles. The number of nitrogens with zero attached hydrogens (tertiary/aromatic N) is 3. The summed E-state index contributed by atoms with van der Waals surface area (Å²) in [4.78, 5) is 1.46. The summed E-state index contributed by atoms with van der Waals surface area (Å²) in [5, 5.41) is 17.3. The minimum Gasteiger partial charge on any atom is -0.391 e. The Balaban J connectivity index is 2.52. The fourth-order valence-corrected chi connectivity index (χ4v) is 0.881. The molecule has 0 radical (unpaired) electrons. The fraction of sp³-hybridized carbons (Fsp3) is 0.714. The summed E-state index contributed by atoms with van der Waals surface area (Å²) >= 11 is 0. The van der Waals surface area contributed by atoms with Gasteiger partial charge in [-0.25, -0.2) is 0 Å². The zero-order valence-electron chi connectivity index (χ0n) is 7.31. The second kappa shape index (κ2) is 3.64. The molecule has 2 unspecified atom stereocenters. The van der Waals surface area contributed by atoms with Crippen molar-refractivity contribution in [2.24, 2.45) is 12.8 Å². The largest absolute Gasteiger partial charge is 0.391 e. The number of nitrogens with two attached hydrogens (primary N) is 1. The first-order chi connectivity index (χ1) is 5.59. The molecule has 0 aliphatic rings. The third-order valence-electron chi connectivity index (χ3n) is 1.67. The molecule has 0 aliphatic carbocycles. The zero-order valence-corrected chi connectivity index (χ0v) is 7.31. The second-order valence-electron chi connectivity index (χ2n) is 2.96. The van der Waals surface area contributed by atoms with Crippen LogP contribution in [0.5, 0.6) is 0 Å². The number of hydrogen-bond acceptors (Lipinski definition) is 4. The molecule has 1 aromatic rings. The zero-order chi connectivity index (χ0) is 9.14. The lowest BCUT2D eigenvalue weighted by Gasteiger charge is -2.11. The maximum absolute atomic E-state index is 9.39. The highest BCUT2D eigenvalue weighted by Gasteiger charge is 2.11. The molecule has 0 spiro atoms. The summed E-state index contributed by atoms with van der Waals surface area (Å²) in [5.41, 5.74) is 6.25. The van der Waals surface area contributed by atoms with Gasteiger partial charge >= 0.3 is 0 Å². The topological polar surface area (TPSA) is 77.0 Å². The van der Waals surface area contributed by atoms with E-state index in [1.54, 1.807) is 20.2 Å². The quantitative estimate of drug-likeness (QED) is 0.614. The molecule has 1 heterocycles. The van der Waals surface area contributed by atoms with E-state index in [0.717, 1.165) is 5.69 Å². The molecule has 1 aromatic heterocycles. The highest BCUT2D eigenvalue weighted by atomic mass is 16.3. The maximum Gasteiger partial charge on any atom is 0.0853 e. The van der Waals surface area contributed by atoms with Crippen molar-refractivity contribution >= 4 is 0 Å². The van der Waals surface area contributed by atoms with E-state index in [-0.39, 0.29) is 6.04 Å². The van der Waals surface area contributed by atoms with E-state index in [9.17, 15) is 5.11 Å². The van der Waals surface area contributed by atoms with E-state index in [1.807, 2.05) is 0 Å². The van der Waals surface area contributed by atoms with Crippen LogP contribution < -0.4 is 5.73 Å². The van der Waals surface area contributed by atoms with Crippen molar-refractivity contribution in [2.45, 2.75) is 25.5 Å². The molecule has 0 fully saturated rings. The van der Waals surface area contributed by atoms with Crippen LogP contribution in [-0.2, 0) is 13.5 Å². The molecule has 2 atom stereocenters. The van der Waals surface area contributed by atoms with E-state index in [2.05, 4.69) is 10.2 Å². The van der Waals surface area contributed by atoms with Crippen LogP contribution in [0, 0.1) is 0 Å². The van der Waals surface area contributed by atoms with Gasteiger partial charge in [0.25, 0.3) is 0 Å². The Morgan fingerprint density at radius 2 is 2.42 bits per heavy atom. The van der Waals surface area contributed by atoms with Gasteiger partial charge in [0, 0.05) is 19.5 Å². The van der Waals surface area contributed by atoms with Crippen molar-refractivity contribution in [3.8, 4) is 0 Å². The van der Waals surface area contributed by atoms with Crippen LogP contribution in [0.3, 0.4) is 0 Å². The van der Waals surface area contributed by atoms with Gasteiger partial charge in [0.05, 0.1) is 18.0 Å². The molecule has 5 nitrogen and oxygen atoms in total. The van der Waals surface area contributed by atoms with E-state index >= 15 is 0 Å². The third kappa shape index (κ3) is 2.28. The van der Waals surface area contributed by atoms with Crippen LogP contribution in [0.1, 0.15) is 12.6 Å². The first-order valence-electron chi connectivity index (χ1n) is 3.88.